The van der Waals surface area contributed by atoms with Crippen LogP contribution in [0.15, 0.2) is 52.9 Å². The van der Waals surface area contributed by atoms with E-state index in [0.717, 1.165) is 10.9 Å². The van der Waals surface area contributed by atoms with Crippen molar-refractivity contribution in [1.82, 2.24) is 4.98 Å². The number of sulfonamides is 1. The van der Waals surface area contributed by atoms with Gasteiger partial charge in [0.15, 0.2) is 0 Å². The van der Waals surface area contributed by atoms with Crippen LogP contribution in [-0.4, -0.2) is 18.5 Å². The number of thiophene rings is 1. The topological polar surface area (TPSA) is 79.3 Å². The number of nitrogens with one attached hydrogen (secondary N) is 1. The molecule has 0 aliphatic carbocycles. The maximum atomic E-state index is 12.3. The molecule has 2 N–H and O–H groups in total. The highest BCUT2D eigenvalue weighted by Gasteiger charge is 2.16. The maximum Gasteiger partial charge on any atom is 0.262 e. The molecule has 3 aromatic rings. The quantitative estimate of drug-likeness (QED) is 0.774. The molecule has 0 bridgehead atoms. The Morgan fingerprint density at radius 2 is 2.05 bits per heavy atom. The molecule has 2 heterocycles. The Labute approximate surface area is 125 Å². The minimum absolute atomic E-state index is 0.143. The first kappa shape index (κ1) is 14.0. The number of para-hydroxylation sites is 1. The number of benzene rings is 1. The molecular formula is C14H12N2O3S2. The summed E-state index contributed by atoms with van der Waals surface area (Å²) in [6, 6.07) is 10.7. The molecule has 7 heteroatoms. The zero-order chi connectivity index (χ0) is 14.9. The lowest BCUT2D eigenvalue weighted by Crippen LogP contribution is -2.12. The molecule has 3 rings (SSSR count). The molecule has 0 radical (unpaired) electrons. The minimum Gasteiger partial charge on any atom is -0.391 e. The van der Waals surface area contributed by atoms with Crippen molar-refractivity contribution in [2.75, 3.05) is 4.72 Å². The number of hydrogen-bond acceptors (Lipinski definition) is 5. The zero-order valence-corrected chi connectivity index (χ0v) is 12.5. The van der Waals surface area contributed by atoms with Crippen molar-refractivity contribution in [3.63, 3.8) is 0 Å². The molecule has 0 unspecified atom stereocenters. The van der Waals surface area contributed by atoms with Crippen molar-refractivity contribution < 1.29 is 13.5 Å². The van der Waals surface area contributed by atoms with Crippen molar-refractivity contribution in [2.24, 2.45) is 0 Å². The zero-order valence-electron chi connectivity index (χ0n) is 10.9. The Morgan fingerprint density at radius 3 is 2.81 bits per heavy atom. The van der Waals surface area contributed by atoms with Crippen LogP contribution in [0.5, 0.6) is 0 Å². The SMILES string of the molecule is O=S(=O)(Nc1cnc2ccccc2c1)c1csc(CO)c1. The summed E-state index contributed by atoms with van der Waals surface area (Å²) in [4.78, 5) is 4.96. The molecule has 0 amide bonds. The van der Waals surface area contributed by atoms with Gasteiger partial charge in [0, 0.05) is 15.6 Å². The van der Waals surface area contributed by atoms with E-state index >= 15 is 0 Å². The molecule has 0 aliphatic heterocycles. The van der Waals surface area contributed by atoms with Gasteiger partial charge in [0.05, 0.1) is 28.9 Å². The molecule has 1 aromatic carbocycles. The van der Waals surface area contributed by atoms with E-state index in [2.05, 4.69) is 9.71 Å². The first-order valence-corrected chi connectivity index (χ1v) is 8.51. The van der Waals surface area contributed by atoms with Crippen molar-refractivity contribution in [1.29, 1.82) is 0 Å². The van der Waals surface area contributed by atoms with E-state index in [9.17, 15) is 8.42 Å². The van der Waals surface area contributed by atoms with Crippen molar-refractivity contribution in [3.8, 4) is 0 Å². The summed E-state index contributed by atoms with van der Waals surface area (Å²) >= 11 is 1.20. The van der Waals surface area contributed by atoms with Crippen LogP contribution in [0.25, 0.3) is 10.9 Å². The molecule has 21 heavy (non-hydrogen) atoms. The number of fused-ring (bicyclic) bond motifs is 1. The van der Waals surface area contributed by atoms with Gasteiger partial charge in [-0.15, -0.1) is 11.3 Å². The molecule has 0 fully saturated rings. The monoisotopic (exact) mass is 320 g/mol. The molecule has 5 nitrogen and oxygen atoms in total. The molecular weight excluding hydrogens is 308 g/mol. The van der Waals surface area contributed by atoms with Gasteiger partial charge in [-0.25, -0.2) is 8.42 Å². The van der Waals surface area contributed by atoms with E-state index in [0.29, 0.717) is 10.6 Å². The van der Waals surface area contributed by atoms with Gasteiger partial charge < -0.3 is 5.11 Å². The van der Waals surface area contributed by atoms with Gasteiger partial charge in [-0.1, -0.05) is 18.2 Å². The van der Waals surface area contributed by atoms with E-state index in [4.69, 9.17) is 5.11 Å². The second-order valence-electron chi connectivity index (χ2n) is 4.43. The Morgan fingerprint density at radius 1 is 1.24 bits per heavy atom. The fourth-order valence-electron chi connectivity index (χ4n) is 1.93. The Hall–Kier alpha value is -1.96. The van der Waals surface area contributed by atoms with Crippen LogP contribution >= 0.6 is 11.3 Å². The highest BCUT2D eigenvalue weighted by atomic mass is 32.2. The van der Waals surface area contributed by atoms with Crippen LogP contribution in [0.3, 0.4) is 0 Å². The van der Waals surface area contributed by atoms with Gasteiger partial charge in [-0.05, 0) is 18.2 Å². The average Bonchev–Trinajstić information content (AvgIpc) is 2.96. The fourth-order valence-corrected chi connectivity index (χ4v) is 4.09. The molecule has 0 spiro atoms. The van der Waals surface area contributed by atoms with E-state index < -0.39 is 10.0 Å². The molecule has 0 aliphatic rings. The number of aliphatic hydroxyl groups is 1. The summed E-state index contributed by atoms with van der Waals surface area (Å²) in [6.07, 6.45) is 1.49. The first-order chi connectivity index (χ1) is 10.1. The van der Waals surface area contributed by atoms with Crippen molar-refractivity contribution >= 4 is 38.0 Å². The predicted octanol–water partition coefficient (Wildman–Crippen LogP) is 2.59. The Balaban J connectivity index is 1.93. The highest BCUT2D eigenvalue weighted by Crippen LogP contribution is 2.23. The summed E-state index contributed by atoms with van der Waals surface area (Å²) in [5, 5.41) is 11.4. The number of aliphatic hydroxyl groups excluding tert-OH is 1. The Kier molecular flexibility index (Phi) is 3.62. The normalized spacial score (nSPS) is 11.7. The van der Waals surface area contributed by atoms with E-state index in [1.165, 1.54) is 29.0 Å². The summed E-state index contributed by atoms with van der Waals surface area (Å²) in [5.41, 5.74) is 1.21. The lowest BCUT2D eigenvalue weighted by molar-refractivity contribution is 0.285. The average molecular weight is 320 g/mol. The van der Waals surface area contributed by atoms with Crippen molar-refractivity contribution in [2.45, 2.75) is 11.5 Å². The smallest absolute Gasteiger partial charge is 0.262 e. The summed E-state index contributed by atoms with van der Waals surface area (Å²) in [6.45, 7) is -0.169. The number of anilines is 1. The van der Waals surface area contributed by atoms with Crippen LogP contribution < -0.4 is 4.72 Å². The van der Waals surface area contributed by atoms with Gasteiger partial charge in [0.1, 0.15) is 0 Å². The standard InChI is InChI=1S/C14H12N2O3S2/c17-8-12-6-13(9-20-12)21(18,19)16-11-5-10-3-1-2-4-14(10)15-7-11/h1-7,9,16-17H,8H2. The van der Waals surface area contributed by atoms with Crippen LogP contribution in [-0.2, 0) is 16.6 Å². The summed E-state index contributed by atoms with van der Waals surface area (Å²) < 4.78 is 27.0. The highest BCUT2D eigenvalue weighted by molar-refractivity contribution is 7.92. The number of pyridine rings is 1. The molecule has 0 saturated heterocycles. The molecule has 0 saturated carbocycles. The van der Waals surface area contributed by atoms with E-state index in [-0.39, 0.29) is 11.5 Å². The second-order valence-corrected chi connectivity index (χ2v) is 7.11. The summed E-state index contributed by atoms with van der Waals surface area (Å²) in [7, 11) is -3.66. The largest absolute Gasteiger partial charge is 0.391 e. The van der Waals surface area contributed by atoms with Crippen LogP contribution in [0.4, 0.5) is 5.69 Å². The van der Waals surface area contributed by atoms with Crippen LogP contribution in [0.1, 0.15) is 4.88 Å². The number of nitrogens with zero attached hydrogens (tertiary/aromatic N) is 1. The lowest BCUT2D eigenvalue weighted by Gasteiger charge is -2.07. The predicted molar refractivity (Wildman–Crippen MR) is 82.8 cm³/mol. The van der Waals surface area contributed by atoms with Gasteiger partial charge >= 0.3 is 0 Å². The second kappa shape index (κ2) is 5.44. The lowest BCUT2D eigenvalue weighted by atomic mass is 10.2. The maximum absolute atomic E-state index is 12.3. The Bertz CT molecular complexity index is 888. The molecule has 108 valence electrons. The number of aromatic nitrogens is 1. The number of rotatable bonds is 4. The van der Waals surface area contributed by atoms with E-state index in [1.807, 2.05) is 24.3 Å². The van der Waals surface area contributed by atoms with Crippen LogP contribution in [0.2, 0.25) is 0 Å². The fraction of sp³-hybridized carbons (Fsp3) is 0.0714. The third-order valence-electron chi connectivity index (χ3n) is 2.94. The summed E-state index contributed by atoms with van der Waals surface area (Å²) in [5.74, 6) is 0. The van der Waals surface area contributed by atoms with Gasteiger partial charge in [-0.2, -0.15) is 0 Å². The van der Waals surface area contributed by atoms with Crippen molar-refractivity contribution in [3.05, 3.63) is 52.9 Å². The first-order valence-electron chi connectivity index (χ1n) is 6.14. The van der Waals surface area contributed by atoms with Gasteiger partial charge in [0.2, 0.25) is 0 Å². The van der Waals surface area contributed by atoms with E-state index in [1.54, 1.807) is 6.07 Å². The minimum atomic E-state index is -3.66. The molecule has 2 aromatic heterocycles. The number of hydrogen-bond donors (Lipinski definition) is 2. The van der Waals surface area contributed by atoms with Gasteiger partial charge in [0.25, 0.3) is 10.0 Å². The third-order valence-corrected chi connectivity index (χ3v) is 5.37. The molecule has 0 atom stereocenters. The van der Waals surface area contributed by atoms with Gasteiger partial charge in [-0.3, -0.25) is 9.71 Å². The van der Waals surface area contributed by atoms with Crippen LogP contribution in [0, 0.1) is 0 Å². The third kappa shape index (κ3) is 2.90.